The lowest BCUT2D eigenvalue weighted by atomic mass is 9.79. The maximum absolute atomic E-state index is 13.5. The Bertz CT molecular complexity index is 1670. The fraction of sp³-hybridized carbons (Fsp3) is 0.333. The molecule has 3 aromatic rings. The number of benzene rings is 2. The number of aromatic hydroxyl groups is 1. The van der Waals surface area contributed by atoms with E-state index in [1.54, 1.807) is 6.07 Å². The first kappa shape index (κ1) is 7.63. The van der Waals surface area contributed by atoms with Crippen molar-refractivity contribution in [2.75, 3.05) is 5.32 Å². The second-order valence-electron chi connectivity index (χ2n) is 6.45. The molecule has 1 amide bonds. The van der Waals surface area contributed by atoms with Crippen molar-refractivity contribution in [2.24, 2.45) is 0 Å². The van der Waals surface area contributed by atoms with Crippen LogP contribution in [-0.4, -0.2) is 16.0 Å². The minimum Gasteiger partial charge on any atom is -0.508 e. The van der Waals surface area contributed by atoms with Crippen LogP contribution in [0.25, 0.3) is 10.9 Å². The summed E-state index contributed by atoms with van der Waals surface area (Å²) in [5.41, 5.74) is -13.6. The third-order valence-electron chi connectivity index (χ3n) is 4.23. The normalized spacial score (nSPS) is 24.0. The van der Waals surface area contributed by atoms with Crippen molar-refractivity contribution >= 4 is 22.5 Å². The highest BCUT2D eigenvalue weighted by Gasteiger charge is 2.26. The summed E-state index contributed by atoms with van der Waals surface area (Å²) < 4.78 is 145. The van der Waals surface area contributed by atoms with Crippen molar-refractivity contribution in [1.82, 2.24) is 4.98 Å². The SMILES string of the molecule is [2H]C([2H])([2H])C(c1cc(C(C([2H])([2H])[2H])(C([2H])([2H])[2H])C([2H])([2H])[2H])c(NC(=O)c2c[nH]c3ccccc3c2=O)cc1O)(C([2H])([2H])[2H])C([2H])([2H])[2H]. The summed E-state index contributed by atoms with van der Waals surface area (Å²) in [6.07, 6.45) is 0.932. The molecular weight excluding hydrogens is 364 g/mol. The predicted molar refractivity (Wildman–Crippen MR) is 118 cm³/mol. The van der Waals surface area contributed by atoms with Gasteiger partial charge < -0.3 is 15.4 Å². The molecule has 0 aliphatic carbocycles. The van der Waals surface area contributed by atoms with Gasteiger partial charge in [0.05, 0.1) is 0 Å². The molecule has 0 atom stereocenters. The Hall–Kier alpha value is -3.08. The minimum absolute atomic E-state index is 0.00166. The van der Waals surface area contributed by atoms with Gasteiger partial charge in [-0.3, -0.25) is 9.59 Å². The number of phenolic OH excluding ortho intramolecular Hbond substituents is 1. The highest BCUT2D eigenvalue weighted by Crippen LogP contribution is 2.39. The standard InChI is InChI=1S/C24H28N2O3/c1-23(2,3)16-11-17(24(4,5)6)20(27)12-19(16)26-22(29)15-13-25-18-10-8-7-9-14(18)21(15)28/h7-13,27H,1-6H3,(H,25,28)(H,26,29)/i1D3,2D3,3D3,4D3,5D3,6D3. The number of phenols is 1. The van der Waals surface area contributed by atoms with Gasteiger partial charge in [-0.1, -0.05) is 53.2 Å². The van der Waals surface area contributed by atoms with Gasteiger partial charge in [-0.05, 0) is 40.2 Å². The molecule has 0 unspecified atom stereocenters. The molecule has 29 heavy (non-hydrogen) atoms. The van der Waals surface area contributed by atoms with E-state index in [-0.39, 0.29) is 17.5 Å². The molecule has 1 aromatic heterocycles. The van der Waals surface area contributed by atoms with Gasteiger partial charge in [0.1, 0.15) is 11.3 Å². The molecule has 0 fully saturated rings. The fourth-order valence-corrected chi connectivity index (χ4v) is 2.83. The Morgan fingerprint density at radius 3 is 2.38 bits per heavy atom. The lowest BCUT2D eigenvalue weighted by Crippen LogP contribution is -2.25. The molecule has 2 aromatic carbocycles. The monoisotopic (exact) mass is 410 g/mol. The highest BCUT2D eigenvalue weighted by molar-refractivity contribution is 6.06. The van der Waals surface area contributed by atoms with Crippen molar-refractivity contribution < 1.29 is 34.6 Å². The van der Waals surface area contributed by atoms with Crippen molar-refractivity contribution in [3.63, 3.8) is 0 Å². The molecule has 3 rings (SSSR count). The molecule has 0 spiro atoms. The van der Waals surface area contributed by atoms with Crippen LogP contribution in [0.5, 0.6) is 5.75 Å². The quantitative estimate of drug-likeness (QED) is 0.551. The Labute approximate surface area is 196 Å². The molecule has 3 N–H and O–H groups in total. The van der Waals surface area contributed by atoms with Crippen molar-refractivity contribution in [1.29, 1.82) is 0 Å². The maximum Gasteiger partial charge on any atom is 0.261 e. The van der Waals surface area contributed by atoms with Crippen LogP contribution in [0.3, 0.4) is 0 Å². The number of rotatable bonds is 2. The molecule has 5 nitrogen and oxygen atoms in total. The van der Waals surface area contributed by atoms with E-state index in [9.17, 15) is 14.7 Å². The zero-order chi connectivity index (χ0) is 36.6. The summed E-state index contributed by atoms with van der Waals surface area (Å²) in [7, 11) is 0. The summed E-state index contributed by atoms with van der Waals surface area (Å²) in [4.78, 5) is 29.3. The van der Waals surface area contributed by atoms with Gasteiger partial charge in [0.15, 0.2) is 0 Å². The van der Waals surface area contributed by atoms with E-state index >= 15 is 0 Å². The van der Waals surface area contributed by atoms with Crippen LogP contribution in [0.4, 0.5) is 5.69 Å². The second-order valence-corrected chi connectivity index (χ2v) is 6.45. The van der Waals surface area contributed by atoms with E-state index in [1.807, 2.05) is 5.32 Å². The van der Waals surface area contributed by atoms with Gasteiger partial charge in [0, 0.05) is 53.5 Å². The van der Waals surface area contributed by atoms with Gasteiger partial charge in [0.25, 0.3) is 5.91 Å². The molecule has 0 saturated carbocycles. The van der Waals surface area contributed by atoms with E-state index in [4.69, 9.17) is 24.7 Å². The fourth-order valence-electron chi connectivity index (χ4n) is 2.83. The van der Waals surface area contributed by atoms with Crippen molar-refractivity contribution in [2.45, 2.75) is 51.9 Å². The molecule has 152 valence electrons. The number of nitrogens with one attached hydrogen (secondary N) is 2. The number of aromatic nitrogens is 1. The number of H-pyrrole nitrogens is 1. The second kappa shape index (κ2) is 7.07. The molecule has 0 radical (unpaired) electrons. The number of anilines is 1. The average molecular weight is 411 g/mol. The summed E-state index contributed by atoms with van der Waals surface area (Å²) in [6.45, 7) is -24.5. The third-order valence-corrected chi connectivity index (χ3v) is 4.23. The van der Waals surface area contributed by atoms with Gasteiger partial charge in [-0.15, -0.1) is 0 Å². The summed E-state index contributed by atoms with van der Waals surface area (Å²) in [5, 5.41) is 13.1. The molecule has 0 saturated heterocycles. The number of amides is 1. The summed E-state index contributed by atoms with van der Waals surface area (Å²) in [6, 6.07) is 6.21. The van der Waals surface area contributed by atoms with Crippen LogP contribution in [0.15, 0.2) is 47.4 Å². The van der Waals surface area contributed by atoms with Gasteiger partial charge >= 0.3 is 0 Å². The van der Waals surface area contributed by atoms with Crippen LogP contribution in [0.2, 0.25) is 0 Å². The number of para-hydroxylation sites is 1. The Kier molecular flexibility index (Phi) is 1.86. The molecule has 1 heterocycles. The first-order valence-electron chi connectivity index (χ1n) is 17.2. The Morgan fingerprint density at radius 1 is 1.03 bits per heavy atom. The number of aromatic amines is 1. The first-order valence-corrected chi connectivity index (χ1v) is 8.19. The number of hydrogen-bond donors (Lipinski definition) is 3. The predicted octanol–water partition coefficient (Wildman–Crippen LogP) is 5.08. The molecule has 0 bridgehead atoms. The topological polar surface area (TPSA) is 82.2 Å². The van der Waals surface area contributed by atoms with Gasteiger partial charge in [-0.25, -0.2) is 0 Å². The minimum atomic E-state index is -4.10. The average Bonchev–Trinajstić information content (AvgIpc) is 2.82. The van der Waals surface area contributed by atoms with Crippen molar-refractivity contribution in [3.8, 4) is 5.75 Å². The molecular formula is C24H28N2O3. The third kappa shape index (κ3) is 4.04. The Balaban J connectivity index is 2.62. The number of fused-ring (bicyclic) bond motifs is 1. The van der Waals surface area contributed by atoms with E-state index in [2.05, 4.69) is 4.98 Å². The number of carbonyl (C=O) groups is 1. The summed E-state index contributed by atoms with van der Waals surface area (Å²) >= 11 is 0. The number of hydrogen-bond acceptors (Lipinski definition) is 3. The van der Waals surface area contributed by atoms with Gasteiger partial charge in [-0.2, -0.15) is 0 Å². The number of carbonyl (C=O) groups excluding carboxylic acids is 1. The summed E-state index contributed by atoms with van der Waals surface area (Å²) in [5.74, 6) is -2.88. The van der Waals surface area contributed by atoms with E-state index in [1.165, 1.54) is 18.2 Å². The van der Waals surface area contributed by atoms with E-state index in [0.29, 0.717) is 5.52 Å². The zero-order valence-corrected chi connectivity index (χ0v) is 14.8. The number of pyridine rings is 1. The van der Waals surface area contributed by atoms with Crippen LogP contribution in [0.1, 0.15) is 87.3 Å². The van der Waals surface area contributed by atoms with Crippen LogP contribution in [0, 0.1) is 0 Å². The zero-order valence-electron chi connectivity index (χ0n) is 32.8. The van der Waals surface area contributed by atoms with E-state index < -0.39 is 91.4 Å². The van der Waals surface area contributed by atoms with Crippen LogP contribution in [-0.2, 0) is 10.8 Å². The molecule has 0 aliphatic rings. The van der Waals surface area contributed by atoms with Crippen LogP contribution >= 0.6 is 0 Å². The Morgan fingerprint density at radius 2 is 1.69 bits per heavy atom. The highest BCUT2D eigenvalue weighted by atomic mass is 16.3. The lowest BCUT2D eigenvalue weighted by Gasteiger charge is -2.28. The van der Waals surface area contributed by atoms with Crippen molar-refractivity contribution in [3.05, 3.63) is 69.5 Å². The molecule has 5 heteroatoms. The lowest BCUT2D eigenvalue weighted by molar-refractivity contribution is 0.102. The maximum atomic E-state index is 13.5. The molecule has 0 aliphatic heterocycles. The smallest absolute Gasteiger partial charge is 0.261 e. The largest absolute Gasteiger partial charge is 0.508 e. The van der Waals surface area contributed by atoms with Gasteiger partial charge in [0.2, 0.25) is 5.43 Å². The first-order chi connectivity index (χ1) is 20.9. The van der Waals surface area contributed by atoms with Crippen LogP contribution < -0.4 is 10.7 Å². The van der Waals surface area contributed by atoms with E-state index in [0.717, 1.165) is 6.20 Å².